The predicted molar refractivity (Wildman–Crippen MR) is 68.3 cm³/mol. The second kappa shape index (κ2) is 6.66. The Bertz CT molecular complexity index is 273. The summed E-state index contributed by atoms with van der Waals surface area (Å²) >= 11 is 0. The molecule has 0 saturated carbocycles. The number of rotatable bonds is 4. The molecule has 3 unspecified atom stereocenters. The molecule has 2 rings (SSSR count). The topological polar surface area (TPSA) is 47.9 Å². The Morgan fingerprint density at radius 3 is 2.94 bits per heavy atom. The van der Waals surface area contributed by atoms with Gasteiger partial charge in [0.1, 0.15) is 0 Å². The summed E-state index contributed by atoms with van der Waals surface area (Å²) in [5.41, 5.74) is -0.728. The number of hydrogen-bond acceptors (Lipinski definition) is 4. The van der Waals surface area contributed by atoms with Gasteiger partial charge in [-0.3, -0.25) is 0 Å². The zero-order valence-electron chi connectivity index (χ0n) is 11.1. The number of ether oxygens (including phenoxy) is 3. The molecule has 2 aliphatic heterocycles. The van der Waals surface area contributed by atoms with E-state index in [2.05, 4.69) is 0 Å². The van der Waals surface area contributed by atoms with Gasteiger partial charge in [-0.05, 0) is 26.2 Å². The minimum atomic E-state index is -0.728. The monoisotopic (exact) mass is 256 g/mol. The van der Waals surface area contributed by atoms with E-state index in [1.54, 1.807) is 0 Å². The van der Waals surface area contributed by atoms with Crippen molar-refractivity contribution in [2.24, 2.45) is 0 Å². The Hall–Kier alpha value is -0.420. The summed E-state index contributed by atoms with van der Waals surface area (Å²) in [6, 6.07) is 0. The van der Waals surface area contributed by atoms with Crippen LogP contribution in [0.4, 0.5) is 0 Å². The third-order valence-corrected chi connectivity index (χ3v) is 3.52. The third kappa shape index (κ3) is 4.35. The van der Waals surface area contributed by atoms with Crippen LogP contribution >= 0.6 is 0 Å². The largest absolute Gasteiger partial charge is 0.386 e. The van der Waals surface area contributed by atoms with Crippen LogP contribution in [-0.2, 0) is 14.2 Å². The molecule has 0 aromatic heterocycles. The van der Waals surface area contributed by atoms with Crippen LogP contribution in [0, 0.1) is 0 Å². The van der Waals surface area contributed by atoms with E-state index in [9.17, 15) is 5.11 Å². The van der Waals surface area contributed by atoms with Gasteiger partial charge < -0.3 is 19.3 Å². The van der Waals surface area contributed by atoms with Gasteiger partial charge in [0.2, 0.25) is 0 Å². The Morgan fingerprint density at radius 2 is 2.22 bits per heavy atom. The lowest BCUT2D eigenvalue weighted by atomic mass is 9.90. The minimum Gasteiger partial charge on any atom is -0.386 e. The van der Waals surface area contributed by atoms with Crippen LogP contribution in [0.15, 0.2) is 12.2 Å². The van der Waals surface area contributed by atoms with Crippen molar-refractivity contribution in [1.29, 1.82) is 0 Å². The van der Waals surface area contributed by atoms with E-state index in [1.807, 2.05) is 19.1 Å². The lowest BCUT2D eigenvalue weighted by Crippen LogP contribution is -2.38. The van der Waals surface area contributed by atoms with E-state index in [0.717, 1.165) is 19.4 Å². The van der Waals surface area contributed by atoms with Crippen molar-refractivity contribution < 1.29 is 19.3 Å². The first-order chi connectivity index (χ1) is 8.68. The summed E-state index contributed by atoms with van der Waals surface area (Å²) in [6.07, 6.45) is 8.41. The third-order valence-electron chi connectivity index (χ3n) is 3.52. The molecule has 2 saturated heterocycles. The molecule has 0 radical (unpaired) electrons. The van der Waals surface area contributed by atoms with Crippen LogP contribution in [0.1, 0.15) is 39.0 Å². The maximum atomic E-state index is 10.3. The standard InChI is InChI=1S/C14H24O4/c1-12-11-14(15,7-10-16-12)6-4-9-18-13-5-2-3-8-17-13/h4,6,12-13,15H,2-3,5,7-11H2,1H3. The molecule has 4 nitrogen and oxygen atoms in total. The molecule has 3 atom stereocenters. The highest BCUT2D eigenvalue weighted by molar-refractivity contribution is 5.03. The fourth-order valence-corrected chi connectivity index (χ4v) is 2.52. The van der Waals surface area contributed by atoms with E-state index >= 15 is 0 Å². The minimum absolute atomic E-state index is 0.0633. The highest BCUT2D eigenvalue weighted by atomic mass is 16.7. The fourth-order valence-electron chi connectivity index (χ4n) is 2.52. The molecule has 0 aliphatic carbocycles. The van der Waals surface area contributed by atoms with E-state index in [-0.39, 0.29) is 12.4 Å². The molecule has 104 valence electrons. The Kier molecular flexibility index (Phi) is 5.18. The van der Waals surface area contributed by atoms with Crippen molar-refractivity contribution >= 4 is 0 Å². The van der Waals surface area contributed by atoms with Gasteiger partial charge in [0.05, 0.1) is 18.3 Å². The van der Waals surface area contributed by atoms with Crippen molar-refractivity contribution in [3.63, 3.8) is 0 Å². The first-order valence-electron chi connectivity index (χ1n) is 6.93. The Morgan fingerprint density at radius 1 is 1.33 bits per heavy atom. The van der Waals surface area contributed by atoms with Crippen LogP contribution in [0.2, 0.25) is 0 Å². The van der Waals surface area contributed by atoms with Gasteiger partial charge in [-0.1, -0.05) is 12.2 Å². The zero-order chi connectivity index (χ0) is 12.8. The number of hydrogen-bond donors (Lipinski definition) is 1. The second-order valence-corrected chi connectivity index (χ2v) is 5.27. The summed E-state index contributed by atoms with van der Waals surface area (Å²) in [5, 5.41) is 10.3. The molecule has 0 aromatic carbocycles. The molecule has 2 fully saturated rings. The smallest absolute Gasteiger partial charge is 0.157 e. The molecule has 0 bridgehead atoms. The maximum Gasteiger partial charge on any atom is 0.157 e. The van der Waals surface area contributed by atoms with Gasteiger partial charge in [0.15, 0.2) is 6.29 Å². The first kappa shape index (κ1) is 14.0. The lowest BCUT2D eigenvalue weighted by molar-refractivity contribution is -0.155. The van der Waals surface area contributed by atoms with Crippen LogP contribution in [-0.4, -0.2) is 42.9 Å². The van der Waals surface area contributed by atoms with Gasteiger partial charge in [-0.2, -0.15) is 0 Å². The summed E-state index contributed by atoms with van der Waals surface area (Å²) in [7, 11) is 0. The van der Waals surface area contributed by atoms with Gasteiger partial charge in [0.25, 0.3) is 0 Å². The fraction of sp³-hybridized carbons (Fsp3) is 0.857. The van der Waals surface area contributed by atoms with E-state index in [4.69, 9.17) is 14.2 Å². The molecule has 0 spiro atoms. The number of aliphatic hydroxyl groups is 1. The van der Waals surface area contributed by atoms with Gasteiger partial charge in [-0.25, -0.2) is 0 Å². The zero-order valence-corrected chi connectivity index (χ0v) is 11.1. The molecule has 2 heterocycles. The molecule has 1 N–H and O–H groups in total. The SMILES string of the molecule is CC1CC(O)(C=CCOC2CCCCO2)CCO1. The van der Waals surface area contributed by atoms with E-state index < -0.39 is 5.60 Å². The van der Waals surface area contributed by atoms with Crippen molar-refractivity contribution in [3.05, 3.63) is 12.2 Å². The molecule has 0 aromatic rings. The lowest BCUT2D eigenvalue weighted by Gasteiger charge is -2.33. The van der Waals surface area contributed by atoms with E-state index in [1.165, 1.54) is 6.42 Å². The summed E-state index contributed by atoms with van der Waals surface area (Å²) < 4.78 is 16.5. The molecule has 18 heavy (non-hydrogen) atoms. The highest BCUT2D eigenvalue weighted by Gasteiger charge is 2.30. The quantitative estimate of drug-likeness (QED) is 0.782. The highest BCUT2D eigenvalue weighted by Crippen LogP contribution is 2.25. The Labute approximate surface area is 109 Å². The van der Waals surface area contributed by atoms with Gasteiger partial charge in [-0.15, -0.1) is 0 Å². The van der Waals surface area contributed by atoms with Gasteiger partial charge in [0, 0.05) is 26.1 Å². The Balaban J connectivity index is 1.69. The second-order valence-electron chi connectivity index (χ2n) is 5.27. The van der Waals surface area contributed by atoms with Crippen LogP contribution in [0.3, 0.4) is 0 Å². The molecular formula is C14H24O4. The maximum absolute atomic E-state index is 10.3. The molecule has 2 aliphatic rings. The van der Waals surface area contributed by atoms with Gasteiger partial charge >= 0.3 is 0 Å². The van der Waals surface area contributed by atoms with Crippen LogP contribution in [0.25, 0.3) is 0 Å². The summed E-state index contributed by atoms with van der Waals surface area (Å²) in [4.78, 5) is 0. The average molecular weight is 256 g/mol. The van der Waals surface area contributed by atoms with Crippen LogP contribution in [0.5, 0.6) is 0 Å². The summed E-state index contributed by atoms with van der Waals surface area (Å²) in [5.74, 6) is 0. The predicted octanol–water partition coefficient (Wildman–Crippen LogP) is 2.02. The molecule has 0 amide bonds. The van der Waals surface area contributed by atoms with E-state index in [0.29, 0.717) is 26.1 Å². The molecular weight excluding hydrogens is 232 g/mol. The van der Waals surface area contributed by atoms with Crippen molar-refractivity contribution in [3.8, 4) is 0 Å². The van der Waals surface area contributed by atoms with Crippen molar-refractivity contribution in [2.45, 2.75) is 57.0 Å². The first-order valence-corrected chi connectivity index (χ1v) is 6.93. The normalized spacial score (nSPS) is 38.1. The van der Waals surface area contributed by atoms with Crippen LogP contribution < -0.4 is 0 Å². The van der Waals surface area contributed by atoms with Crippen molar-refractivity contribution in [2.75, 3.05) is 19.8 Å². The average Bonchev–Trinajstić information content (AvgIpc) is 2.36. The molecule has 4 heteroatoms. The summed E-state index contributed by atoms with van der Waals surface area (Å²) in [6.45, 7) is 3.91. The van der Waals surface area contributed by atoms with Crippen molar-refractivity contribution in [1.82, 2.24) is 0 Å².